The quantitative estimate of drug-likeness (QED) is 0.420. The van der Waals surface area contributed by atoms with Crippen LogP contribution in [0.25, 0.3) is 0 Å². The summed E-state index contributed by atoms with van der Waals surface area (Å²) in [7, 11) is 0. The van der Waals surface area contributed by atoms with Crippen LogP contribution in [0.3, 0.4) is 0 Å². The summed E-state index contributed by atoms with van der Waals surface area (Å²) in [5, 5.41) is -0.725. The fourth-order valence-electron chi connectivity index (χ4n) is 2.69. The fourth-order valence-corrected chi connectivity index (χ4v) is 3.76. The first kappa shape index (κ1) is 20.7. The predicted molar refractivity (Wildman–Crippen MR) is 87.4 cm³/mol. The van der Waals surface area contributed by atoms with Gasteiger partial charge >= 0.3 is 6.18 Å². The van der Waals surface area contributed by atoms with Crippen LogP contribution in [0.5, 0.6) is 0 Å². The van der Waals surface area contributed by atoms with Crippen LogP contribution >= 0.6 is 11.6 Å². The van der Waals surface area contributed by atoms with E-state index in [1.165, 1.54) is 0 Å². The molecule has 2 atom stereocenters. The second kappa shape index (κ2) is 7.21. The highest BCUT2D eigenvalue weighted by Gasteiger charge is 2.51. The average molecular weight is 404 g/mol. The Bertz CT molecular complexity index is 628. The van der Waals surface area contributed by atoms with Crippen LogP contribution < -0.4 is 4.72 Å². The second-order valence-corrected chi connectivity index (χ2v) is 9.59. The Kier molecular flexibility index (Phi) is 5.98. The van der Waals surface area contributed by atoms with E-state index in [-0.39, 0.29) is 18.4 Å². The summed E-state index contributed by atoms with van der Waals surface area (Å²) in [6.07, 6.45) is -4.74. The molecule has 0 spiro atoms. The van der Waals surface area contributed by atoms with Crippen LogP contribution in [0, 0.1) is 23.5 Å². The molecule has 1 N–H and O–H groups in total. The molecule has 0 radical (unpaired) electrons. The lowest BCUT2D eigenvalue weighted by atomic mass is 9.69. The molecule has 0 aromatic heterocycles. The van der Waals surface area contributed by atoms with Gasteiger partial charge in [0.1, 0.15) is 21.4 Å². The predicted octanol–water partition coefficient (Wildman–Crippen LogP) is 5.30. The monoisotopic (exact) mass is 403 g/mol. The minimum Gasteiger partial charge on any atom is -0.598 e. The van der Waals surface area contributed by atoms with Gasteiger partial charge in [0.25, 0.3) is 0 Å². The highest BCUT2D eigenvalue weighted by atomic mass is 35.5. The highest BCUT2D eigenvalue weighted by Crippen LogP contribution is 2.50. The Morgan fingerprint density at radius 3 is 2.24 bits per heavy atom. The fraction of sp³-hybridized carbons (Fsp3) is 0.625. The van der Waals surface area contributed by atoms with Gasteiger partial charge in [0.15, 0.2) is 0 Å². The van der Waals surface area contributed by atoms with Crippen LogP contribution in [0.1, 0.15) is 45.2 Å². The molecule has 0 heterocycles. The van der Waals surface area contributed by atoms with Gasteiger partial charge in [-0.1, -0.05) is 17.7 Å². The Morgan fingerprint density at radius 1 is 1.20 bits per heavy atom. The summed E-state index contributed by atoms with van der Waals surface area (Å²) >= 11 is 3.94. The van der Waals surface area contributed by atoms with E-state index in [1.54, 1.807) is 20.8 Å². The van der Waals surface area contributed by atoms with Crippen LogP contribution in [0.2, 0.25) is 5.02 Å². The van der Waals surface area contributed by atoms with E-state index in [2.05, 4.69) is 4.72 Å². The van der Waals surface area contributed by atoms with Crippen molar-refractivity contribution in [3.05, 3.63) is 34.4 Å². The molecule has 1 saturated carbocycles. The van der Waals surface area contributed by atoms with Crippen LogP contribution in [0.4, 0.5) is 22.0 Å². The third kappa shape index (κ3) is 4.59. The van der Waals surface area contributed by atoms with Crippen LogP contribution in [0.15, 0.2) is 12.1 Å². The zero-order valence-electron chi connectivity index (χ0n) is 13.9. The van der Waals surface area contributed by atoms with Crippen LogP contribution in [-0.4, -0.2) is 15.5 Å². The lowest BCUT2D eigenvalue weighted by Gasteiger charge is -2.42. The Labute approximate surface area is 151 Å². The lowest BCUT2D eigenvalue weighted by molar-refractivity contribution is -0.206. The molecule has 0 bridgehead atoms. The largest absolute Gasteiger partial charge is 0.598 e. The van der Waals surface area contributed by atoms with E-state index >= 15 is 0 Å². The Hall–Kier alpha value is -0.570. The number of rotatable bonds is 4. The molecule has 1 fully saturated rings. The average Bonchev–Trinajstić information content (AvgIpc) is 2.40. The summed E-state index contributed by atoms with van der Waals surface area (Å²) in [4.78, 5) is 0. The normalized spacial score (nSPS) is 23.9. The number of hydrogen-bond acceptors (Lipinski definition) is 2. The SMILES string of the molecule is CC(C)(C)[S+]([O-])N[C@@H](c1ccc(F)c(Cl)c1F)C1CC(C(F)(F)F)C1. The van der Waals surface area contributed by atoms with E-state index in [4.69, 9.17) is 11.6 Å². The molecular formula is C16H19ClF5NOS. The number of alkyl halides is 3. The smallest absolute Gasteiger partial charge is 0.391 e. The van der Waals surface area contributed by atoms with Crippen molar-refractivity contribution in [1.82, 2.24) is 4.72 Å². The second-order valence-electron chi connectivity index (χ2n) is 7.21. The van der Waals surface area contributed by atoms with E-state index in [1.807, 2.05) is 0 Å². The van der Waals surface area contributed by atoms with Gasteiger partial charge in [-0.05, 0) is 45.6 Å². The van der Waals surface area contributed by atoms with Gasteiger partial charge in [0, 0.05) is 16.9 Å². The summed E-state index contributed by atoms with van der Waals surface area (Å²) in [5.41, 5.74) is -0.0744. The third-order valence-corrected chi connectivity index (χ3v) is 6.23. The molecule has 142 valence electrons. The van der Waals surface area contributed by atoms with Crippen molar-refractivity contribution in [3.63, 3.8) is 0 Å². The molecule has 1 unspecified atom stereocenters. The number of benzene rings is 1. The summed E-state index contributed by atoms with van der Waals surface area (Å²) in [5.74, 6) is -4.04. The molecule has 9 heteroatoms. The van der Waals surface area contributed by atoms with Gasteiger partial charge in [-0.3, -0.25) is 0 Å². The van der Waals surface area contributed by atoms with E-state index in [0.29, 0.717) is 0 Å². The van der Waals surface area contributed by atoms with Gasteiger partial charge < -0.3 is 4.55 Å². The van der Waals surface area contributed by atoms with Crippen LogP contribution in [-0.2, 0) is 11.4 Å². The highest BCUT2D eigenvalue weighted by molar-refractivity contribution is 7.90. The standard InChI is InChI=1S/C16H19ClF5NOS/c1-15(2,3)25(24)23-14(8-6-9(7-8)16(20,21)22)10-4-5-11(18)12(17)13(10)19/h4-5,8-9,14,23H,6-7H2,1-3H3/t8?,9?,14-,25?/m1/s1. The number of halogens is 6. The van der Waals surface area contributed by atoms with Gasteiger partial charge in [-0.15, -0.1) is 4.72 Å². The first-order valence-electron chi connectivity index (χ1n) is 7.70. The Balaban J connectivity index is 2.30. The van der Waals surface area contributed by atoms with Gasteiger partial charge in [-0.2, -0.15) is 13.2 Å². The van der Waals surface area contributed by atoms with E-state index in [0.717, 1.165) is 12.1 Å². The summed E-state index contributed by atoms with van der Waals surface area (Å²) < 4.78 is 80.5. The summed E-state index contributed by atoms with van der Waals surface area (Å²) in [6.45, 7) is 5.04. The molecule has 0 saturated heterocycles. The molecule has 1 aromatic rings. The van der Waals surface area contributed by atoms with Crippen molar-refractivity contribution in [2.45, 2.75) is 50.6 Å². The molecule has 0 aliphatic heterocycles. The zero-order chi connectivity index (χ0) is 19.2. The summed E-state index contributed by atoms with van der Waals surface area (Å²) in [6, 6.07) is 1.14. The van der Waals surface area contributed by atoms with Crippen molar-refractivity contribution >= 4 is 23.0 Å². The molecule has 1 aromatic carbocycles. The number of nitrogens with one attached hydrogen (secondary N) is 1. The zero-order valence-corrected chi connectivity index (χ0v) is 15.5. The van der Waals surface area contributed by atoms with Crippen molar-refractivity contribution in [3.8, 4) is 0 Å². The van der Waals surface area contributed by atoms with Crippen molar-refractivity contribution < 1.29 is 26.5 Å². The van der Waals surface area contributed by atoms with Crippen molar-refractivity contribution in [2.24, 2.45) is 11.8 Å². The molecule has 25 heavy (non-hydrogen) atoms. The molecular weight excluding hydrogens is 385 g/mol. The molecule has 1 aliphatic carbocycles. The minimum absolute atomic E-state index is 0.0744. The maximum atomic E-state index is 14.4. The molecule has 0 amide bonds. The van der Waals surface area contributed by atoms with Gasteiger partial charge in [0.2, 0.25) is 0 Å². The maximum absolute atomic E-state index is 14.4. The van der Waals surface area contributed by atoms with Gasteiger partial charge in [0.05, 0.1) is 12.0 Å². The molecule has 2 nitrogen and oxygen atoms in total. The minimum atomic E-state index is -4.32. The topological polar surface area (TPSA) is 35.1 Å². The number of hydrogen-bond donors (Lipinski definition) is 1. The maximum Gasteiger partial charge on any atom is 0.391 e. The van der Waals surface area contributed by atoms with Gasteiger partial charge in [-0.25, -0.2) is 8.78 Å². The Morgan fingerprint density at radius 2 is 1.76 bits per heavy atom. The van der Waals surface area contributed by atoms with E-state index < -0.39 is 56.8 Å². The lowest BCUT2D eigenvalue weighted by Crippen LogP contribution is -2.47. The first-order chi connectivity index (χ1) is 11.3. The van der Waals surface area contributed by atoms with Crippen molar-refractivity contribution in [1.29, 1.82) is 0 Å². The van der Waals surface area contributed by atoms with E-state index in [9.17, 15) is 26.5 Å². The third-order valence-electron chi connectivity index (χ3n) is 4.30. The molecule has 2 rings (SSSR count). The van der Waals surface area contributed by atoms with Crippen molar-refractivity contribution in [2.75, 3.05) is 0 Å². The first-order valence-corrected chi connectivity index (χ1v) is 9.23. The molecule has 1 aliphatic rings.